The first-order valence-corrected chi connectivity index (χ1v) is 10.9. The number of rotatable bonds is 8. The van der Waals surface area contributed by atoms with E-state index in [2.05, 4.69) is 31.4 Å². The van der Waals surface area contributed by atoms with Crippen molar-refractivity contribution >= 4 is 47.2 Å². The van der Waals surface area contributed by atoms with E-state index in [4.69, 9.17) is 21.3 Å². The molecule has 2 heterocycles. The lowest BCUT2D eigenvalue weighted by atomic mass is 10.2. The van der Waals surface area contributed by atoms with E-state index in [1.165, 1.54) is 0 Å². The maximum atomic E-state index is 6.38. The molecule has 2 aromatic rings. The smallest absolute Gasteiger partial charge is 0.194 e. The number of hydrogen-bond donors (Lipinski definition) is 1. The molecule has 8 nitrogen and oxygen atoms in total. The first kappa shape index (κ1) is 25.7. The van der Waals surface area contributed by atoms with Gasteiger partial charge in [0, 0.05) is 53.0 Å². The topological polar surface area (TPSA) is 70.8 Å². The molecular weight excluding hydrogens is 529 g/mol. The van der Waals surface area contributed by atoms with Crippen LogP contribution in [-0.4, -0.2) is 71.6 Å². The van der Waals surface area contributed by atoms with E-state index in [1.54, 1.807) is 0 Å². The summed E-state index contributed by atoms with van der Waals surface area (Å²) in [5.74, 6) is 2.65. The Hall–Kier alpha value is -1.59. The molecule has 172 valence electrons. The number of aryl methyl sites for hydroxylation is 1. The monoisotopic (exact) mass is 561 g/mol. The summed E-state index contributed by atoms with van der Waals surface area (Å²) < 4.78 is 7.43. The maximum Gasteiger partial charge on any atom is 0.194 e. The summed E-state index contributed by atoms with van der Waals surface area (Å²) in [6.07, 6.45) is 0.940. The Labute approximate surface area is 207 Å². The molecule has 10 heteroatoms. The van der Waals surface area contributed by atoms with E-state index < -0.39 is 0 Å². The van der Waals surface area contributed by atoms with E-state index in [0.717, 1.165) is 80.7 Å². The summed E-state index contributed by atoms with van der Waals surface area (Å²) >= 11 is 6.38. The summed E-state index contributed by atoms with van der Waals surface area (Å²) in [6.45, 7) is 10.3. The van der Waals surface area contributed by atoms with Crippen LogP contribution in [0.5, 0.6) is 0 Å². The first-order valence-electron chi connectivity index (χ1n) is 10.6. The largest absolute Gasteiger partial charge is 0.382 e. The van der Waals surface area contributed by atoms with E-state index in [-0.39, 0.29) is 24.0 Å². The summed E-state index contributed by atoms with van der Waals surface area (Å²) in [7, 11) is 1.97. The number of guanidine groups is 1. The van der Waals surface area contributed by atoms with Crippen molar-refractivity contribution in [3.8, 4) is 0 Å². The molecule has 1 saturated heterocycles. The van der Waals surface area contributed by atoms with Gasteiger partial charge in [-0.2, -0.15) is 0 Å². The third kappa shape index (κ3) is 7.21. The molecule has 0 spiro atoms. The summed E-state index contributed by atoms with van der Waals surface area (Å²) in [5.41, 5.74) is 1.09. The van der Waals surface area contributed by atoms with Crippen LogP contribution in [0.1, 0.15) is 25.0 Å². The average Bonchev–Trinajstić information content (AvgIpc) is 3.08. The molecule has 1 aromatic carbocycles. The van der Waals surface area contributed by atoms with Gasteiger partial charge in [-0.3, -0.25) is 0 Å². The molecule has 1 aliphatic rings. The van der Waals surface area contributed by atoms with Crippen molar-refractivity contribution in [2.75, 3.05) is 50.8 Å². The summed E-state index contributed by atoms with van der Waals surface area (Å²) in [5, 5.41) is 12.7. The molecule has 0 unspecified atom stereocenters. The lowest BCUT2D eigenvalue weighted by molar-refractivity contribution is 0.145. The molecule has 0 amide bonds. The van der Waals surface area contributed by atoms with Crippen molar-refractivity contribution < 1.29 is 4.74 Å². The molecule has 31 heavy (non-hydrogen) atoms. The fraction of sp³-hybridized carbons (Fsp3) is 0.571. The molecule has 1 aromatic heterocycles. The molecule has 1 fully saturated rings. The van der Waals surface area contributed by atoms with Gasteiger partial charge in [0.15, 0.2) is 11.8 Å². The number of ether oxygens (including phenoxy) is 1. The first-order chi connectivity index (χ1) is 14.6. The summed E-state index contributed by atoms with van der Waals surface area (Å²) in [4.78, 5) is 9.48. The number of para-hydroxylation sites is 1. The highest BCUT2D eigenvalue weighted by molar-refractivity contribution is 14.0. The Balaban J connectivity index is 0.00000341. The van der Waals surface area contributed by atoms with Gasteiger partial charge in [-0.15, -0.1) is 34.2 Å². The van der Waals surface area contributed by atoms with Gasteiger partial charge in [0.25, 0.3) is 0 Å². The van der Waals surface area contributed by atoms with E-state index in [9.17, 15) is 0 Å². The lowest BCUT2D eigenvalue weighted by Crippen LogP contribution is -2.52. The zero-order valence-corrected chi connectivity index (χ0v) is 21.6. The van der Waals surface area contributed by atoms with Crippen LogP contribution in [-0.2, 0) is 18.3 Å². The Morgan fingerprint density at radius 1 is 1.19 bits per heavy atom. The zero-order valence-electron chi connectivity index (χ0n) is 18.6. The quantitative estimate of drug-likeness (QED) is 0.231. The molecule has 1 N–H and O–H groups in total. The van der Waals surface area contributed by atoms with Gasteiger partial charge in [-0.25, -0.2) is 4.99 Å². The number of anilines is 1. The van der Waals surface area contributed by atoms with Crippen molar-refractivity contribution in [1.29, 1.82) is 0 Å². The van der Waals surface area contributed by atoms with Crippen LogP contribution in [0.25, 0.3) is 0 Å². The predicted octanol–water partition coefficient (Wildman–Crippen LogP) is 3.09. The standard InChI is InChI=1S/C21H32ClN7O.HI/c1-4-30-15-7-10-23-21(24-16-20-26-25-17(2)27(20)3)29-13-11-28(12-14-29)19-9-6-5-8-18(19)22;/h5-6,8-9H,4,7,10-16H2,1-3H3,(H,23,24);1H. The second-order valence-corrected chi connectivity index (χ2v) is 7.67. The van der Waals surface area contributed by atoms with Gasteiger partial charge >= 0.3 is 0 Å². The predicted molar refractivity (Wildman–Crippen MR) is 137 cm³/mol. The number of benzene rings is 1. The highest BCUT2D eigenvalue weighted by atomic mass is 127. The van der Waals surface area contributed by atoms with Gasteiger partial charge in [0.1, 0.15) is 12.4 Å². The second kappa shape index (κ2) is 13.1. The number of aliphatic imine (C=N–C) groups is 1. The zero-order chi connectivity index (χ0) is 21.3. The Bertz CT molecular complexity index is 837. The number of nitrogens with one attached hydrogen (secondary N) is 1. The van der Waals surface area contributed by atoms with Crippen LogP contribution in [0.3, 0.4) is 0 Å². The molecule has 3 rings (SSSR count). The van der Waals surface area contributed by atoms with Crippen LogP contribution >= 0.6 is 35.6 Å². The van der Waals surface area contributed by atoms with Crippen LogP contribution in [0.15, 0.2) is 29.3 Å². The van der Waals surface area contributed by atoms with E-state index in [1.807, 2.05) is 43.7 Å². The normalized spacial score (nSPS) is 14.5. The van der Waals surface area contributed by atoms with Crippen LogP contribution in [0.2, 0.25) is 5.02 Å². The molecule has 0 aliphatic carbocycles. The number of piperazine rings is 1. The van der Waals surface area contributed by atoms with Crippen LogP contribution in [0.4, 0.5) is 5.69 Å². The van der Waals surface area contributed by atoms with Gasteiger partial charge in [0.2, 0.25) is 0 Å². The Kier molecular flexibility index (Phi) is 10.8. The molecule has 0 atom stereocenters. The van der Waals surface area contributed by atoms with Crippen molar-refractivity contribution in [1.82, 2.24) is 25.0 Å². The van der Waals surface area contributed by atoms with Crippen LogP contribution < -0.4 is 10.2 Å². The van der Waals surface area contributed by atoms with Crippen molar-refractivity contribution in [2.24, 2.45) is 12.0 Å². The fourth-order valence-corrected chi connectivity index (χ4v) is 3.64. The third-order valence-electron chi connectivity index (χ3n) is 5.28. The van der Waals surface area contributed by atoms with E-state index in [0.29, 0.717) is 6.54 Å². The SMILES string of the molecule is CCOCCCNC(=NCc1nnc(C)n1C)N1CCN(c2ccccc2Cl)CC1.I. The molecule has 1 aliphatic heterocycles. The average molecular weight is 562 g/mol. The minimum Gasteiger partial charge on any atom is -0.382 e. The van der Waals surface area contributed by atoms with Crippen molar-refractivity contribution in [3.05, 3.63) is 40.9 Å². The number of nitrogens with zero attached hydrogens (tertiary/aromatic N) is 6. The fourth-order valence-electron chi connectivity index (χ4n) is 3.39. The van der Waals surface area contributed by atoms with Gasteiger partial charge in [-0.05, 0) is 32.4 Å². The third-order valence-corrected chi connectivity index (χ3v) is 5.60. The highest BCUT2D eigenvalue weighted by Crippen LogP contribution is 2.26. The number of halogens is 2. The number of hydrogen-bond acceptors (Lipinski definition) is 5. The molecule has 0 radical (unpaired) electrons. The minimum absolute atomic E-state index is 0. The van der Waals surface area contributed by atoms with Crippen molar-refractivity contribution in [2.45, 2.75) is 26.8 Å². The minimum atomic E-state index is 0. The molecular formula is C21H33ClIN7O. The molecule has 0 saturated carbocycles. The van der Waals surface area contributed by atoms with Crippen molar-refractivity contribution in [3.63, 3.8) is 0 Å². The van der Waals surface area contributed by atoms with Gasteiger partial charge in [0.05, 0.1) is 10.7 Å². The second-order valence-electron chi connectivity index (χ2n) is 7.27. The Morgan fingerprint density at radius 2 is 1.94 bits per heavy atom. The maximum absolute atomic E-state index is 6.38. The highest BCUT2D eigenvalue weighted by Gasteiger charge is 2.21. The molecule has 0 bridgehead atoms. The Morgan fingerprint density at radius 3 is 2.58 bits per heavy atom. The van der Waals surface area contributed by atoms with Crippen LogP contribution in [0, 0.1) is 6.92 Å². The van der Waals surface area contributed by atoms with Gasteiger partial charge < -0.3 is 24.4 Å². The van der Waals surface area contributed by atoms with Gasteiger partial charge in [-0.1, -0.05) is 23.7 Å². The number of aromatic nitrogens is 3. The summed E-state index contributed by atoms with van der Waals surface area (Å²) in [6, 6.07) is 8.02. The van der Waals surface area contributed by atoms with E-state index >= 15 is 0 Å². The lowest BCUT2D eigenvalue weighted by Gasteiger charge is -2.38.